The van der Waals surface area contributed by atoms with Gasteiger partial charge in [-0.05, 0) is 11.5 Å². The van der Waals surface area contributed by atoms with Crippen LogP contribution in [-0.2, 0) is 0 Å². The Morgan fingerprint density at radius 3 is 2.92 bits per heavy atom. The summed E-state index contributed by atoms with van der Waals surface area (Å²) in [5.74, 6) is 0. The number of H-pyrrole nitrogens is 1. The summed E-state index contributed by atoms with van der Waals surface area (Å²) in [4.78, 5) is 13.8. The average molecular weight is 155 g/mol. The molecule has 0 spiro atoms. The third kappa shape index (κ3) is 1.03. The maximum atomic E-state index is 11.2. The van der Waals surface area contributed by atoms with Gasteiger partial charge in [-0.2, -0.15) is 0 Å². The smallest absolute Gasteiger partial charge is 0.255 e. The summed E-state index contributed by atoms with van der Waals surface area (Å²) in [6.07, 6.45) is 1.63. The molecule has 1 aromatic heterocycles. The highest BCUT2D eigenvalue weighted by atomic mass is 16.1. The lowest BCUT2D eigenvalue weighted by molar-refractivity contribution is 1.28. The van der Waals surface area contributed by atoms with Crippen LogP contribution in [0.1, 0.15) is 0 Å². The quantitative estimate of drug-likeness (QED) is 0.546. The van der Waals surface area contributed by atoms with Gasteiger partial charge >= 0.3 is 0 Å². The summed E-state index contributed by atoms with van der Waals surface area (Å²) in [5, 5.41) is 1.55. The van der Waals surface area contributed by atoms with E-state index in [1.165, 1.54) is 0 Å². The molecule has 0 unspecified atom stereocenters. The first-order chi connectivity index (χ1) is 5.77. The molecule has 0 amide bonds. The molecule has 0 aliphatic heterocycles. The van der Waals surface area contributed by atoms with E-state index in [-0.39, 0.29) is 5.56 Å². The maximum Gasteiger partial charge on any atom is 0.255 e. The van der Waals surface area contributed by atoms with Crippen molar-refractivity contribution < 1.29 is 0 Å². The zero-order valence-electron chi connectivity index (χ0n) is 6.37. The number of hydrogen-bond acceptors (Lipinski definition) is 1. The molecule has 2 aromatic rings. The van der Waals surface area contributed by atoms with E-state index >= 15 is 0 Å². The molecule has 2 rings (SSSR count). The van der Waals surface area contributed by atoms with E-state index in [9.17, 15) is 4.79 Å². The number of rotatable bonds is 0. The van der Waals surface area contributed by atoms with Crippen molar-refractivity contribution in [1.82, 2.24) is 4.98 Å². The van der Waals surface area contributed by atoms with E-state index in [1.54, 1.807) is 18.3 Å². The van der Waals surface area contributed by atoms with Gasteiger partial charge in [0.25, 0.3) is 5.56 Å². The Morgan fingerprint density at radius 2 is 2.08 bits per heavy atom. The normalized spacial score (nSPS) is 10.3. The lowest BCUT2D eigenvalue weighted by Crippen LogP contribution is -2.09. The van der Waals surface area contributed by atoms with Gasteiger partial charge in [0.1, 0.15) is 7.85 Å². The summed E-state index contributed by atoms with van der Waals surface area (Å²) >= 11 is 0. The van der Waals surface area contributed by atoms with Crippen LogP contribution in [0.5, 0.6) is 0 Å². The summed E-state index contributed by atoms with van der Waals surface area (Å²) in [7, 11) is 5.54. The largest absolute Gasteiger partial charge is 0.329 e. The zero-order chi connectivity index (χ0) is 8.55. The Kier molecular flexibility index (Phi) is 1.50. The molecular weight excluding hydrogens is 149 g/mol. The van der Waals surface area contributed by atoms with Crippen molar-refractivity contribution in [2.75, 3.05) is 0 Å². The van der Waals surface area contributed by atoms with Crippen LogP contribution in [0.25, 0.3) is 10.8 Å². The molecule has 1 heterocycles. The number of aromatic amines is 1. The highest BCUT2D eigenvalue weighted by Crippen LogP contribution is 2.04. The molecule has 12 heavy (non-hydrogen) atoms. The fourth-order valence-corrected chi connectivity index (χ4v) is 1.20. The second-order valence-electron chi connectivity index (χ2n) is 2.65. The Hall–Kier alpha value is -1.51. The third-order valence-electron chi connectivity index (χ3n) is 1.80. The molecule has 1 N–H and O–H groups in total. The summed E-state index contributed by atoms with van der Waals surface area (Å²) in [6.45, 7) is 0. The Morgan fingerprint density at radius 1 is 1.25 bits per heavy atom. The second kappa shape index (κ2) is 2.52. The highest BCUT2D eigenvalue weighted by molar-refractivity contribution is 6.33. The number of fused-ring (bicyclic) bond motifs is 1. The van der Waals surface area contributed by atoms with E-state index in [2.05, 4.69) is 4.98 Å². The minimum absolute atomic E-state index is 0.0974. The molecule has 0 saturated heterocycles. The number of hydrogen-bond donors (Lipinski definition) is 1. The second-order valence-corrected chi connectivity index (χ2v) is 2.65. The van der Waals surface area contributed by atoms with Gasteiger partial charge in [-0.15, -0.1) is 0 Å². The molecule has 2 nitrogen and oxygen atoms in total. The number of aromatic nitrogens is 1. The van der Waals surface area contributed by atoms with E-state index in [4.69, 9.17) is 7.85 Å². The van der Waals surface area contributed by atoms with Crippen LogP contribution in [0.2, 0.25) is 0 Å². The average Bonchev–Trinajstić information content (AvgIpc) is 2.07. The zero-order valence-corrected chi connectivity index (χ0v) is 6.37. The number of nitrogens with one attached hydrogen (secondary N) is 1. The van der Waals surface area contributed by atoms with Crippen molar-refractivity contribution in [3.05, 3.63) is 40.8 Å². The van der Waals surface area contributed by atoms with Crippen LogP contribution in [0.3, 0.4) is 0 Å². The van der Waals surface area contributed by atoms with Gasteiger partial charge in [-0.25, -0.2) is 0 Å². The fourth-order valence-electron chi connectivity index (χ4n) is 1.20. The van der Waals surface area contributed by atoms with Gasteiger partial charge in [0.15, 0.2) is 0 Å². The van der Waals surface area contributed by atoms with Crippen molar-refractivity contribution in [1.29, 1.82) is 0 Å². The van der Waals surface area contributed by atoms with E-state index < -0.39 is 0 Å². The van der Waals surface area contributed by atoms with Crippen LogP contribution in [0, 0.1) is 0 Å². The molecule has 1 aromatic carbocycles. The van der Waals surface area contributed by atoms with Crippen LogP contribution < -0.4 is 11.0 Å². The van der Waals surface area contributed by atoms with Crippen LogP contribution in [0.15, 0.2) is 35.3 Å². The molecule has 56 valence electrons. The van der Waals surface area contributed by atoms with Gasteiger partial charge in [-0.3, -0.25) is 4.79 Å². The highest BCUT2D eigenvalue weighted by Gasteiger charge is 1.95. The van der Waals surface area contributed by atoms with Crippen LogP contribution >= 0.6 is 0 Å². The number of benzene rings is 1. The third-order valence-corrected chi connectivity index (χ3v) is 1.80. The molecule has 0 fully saturated rings. The van der Waals surface area contributed by atoms with Gasteiger partial charge in [0, 0.05) is 11.6 Å². The van der Waals surface area contributed by atoms with Crippen molar-refractivity contribution in [3.8, 4) is 0 Å². The van der Waals surface area contributed by atoms with Crippen molar-refractivity contribution in [2.24, 2.45) is 0 Å². The van der Waals surface area contributed by atoms with E-state index in [1.807, 2.05) is 12.1 Å². The minimum Gasteiger partial charge on any atom is -0.329 e. The first-order valence-electron chi connectivity index (χ1n) is 3.64. The molecule has 0 saturated carbocycles. The molecular formula is C9H6BNO. The predicted octanol–water partition coefficient (Wildman–Crippen LogP) is 0.322. The molecule has 0 atom stereocenters. The topological polar surface area (TPSA) is 32.9 Å². The Balaban J connectivity index is 2.98. The lowest BCUT2D eigenvalue weighted by atomic mass is 9.94. The first-order valence-corrected chi connectivity index (χ1v) is 3.64. The Labute approximate surface area is 70.6 Å². The number of pyridine rings is 1. The summed E-state index contributed by atoms with van der Waals surface area (Å²) < 4.78 is 0. The predicted molar refractivity (Wildman–Crippen MR) is 50.0 cm³/mol. The molecule has 0 aliphatic carbocycles. The van der Waals surface area contributed by atoms with Crippen LogP contribution in [0.4, 0.5) is 0 Å². The summed E-state index contributed by atoms with van der Waals surface area (Å²) in [5.41, 5.74) is 0.513. The first kappa shape index (κ1) is 7.16. The van der Waals surface area contributed by atoms with Gasteiger partial charge in [0.05, 0.1) is 0 Å². The summed E-state index contributed by atoms with van der Waals surface area (Å²) in [6, 6.07) is 7.13. The minimum atomic E-state index is -0.0974. The SMILES string of the molecule is [B]c1ccc2cc[nH]c(=O)c2c1. The van der Waals surface area contributed by atoms with Crippen molar-refractivity contribution in [3.63, 3.8) is 0 Å². The maximum absolute atomic E-state index is 11.2. The standard InChI is InChI=1S/C9H6BNO/c10-7-2-1-6-3-4-11-9(12)8(6)5-7/h1-5H,(H,11,12). The Bertz CT molecular complexity index is 475. The van der Waals surface area contributed by atoms with Gasteiger partial charge in [0.2, 0.25) is 0 Å². The monoisotopic (exact) mass is 155 g/mol. The molecule has 0 aliphatic rings. The van der Waals surface area contributed by atoms with Crippen molar-refractivity contribution in [2.45, 2.75) is 0 Å². The van der Waals surface area contributed by atoms with Crippen LogP contribution in [-0.4, -0.2) is 12.8 Å². The lowest BCUT2D eigenvalue weighted by Gasteiger charge is -1.96. The van der Waals surface area contributed by atoms with Crippen molar-refractivity contribution >= 4 is 24.1 Å². The molecule has 3 heteroatoms. The molecule has 2 radical (unpaired) electrons. The van der Waals surface area contributed by atoms with Gasteiger partial charge in [-0.1, -0.05) is 23.7 Å². The molecule has 0 bridgehead atoms. The van der Waals surface area contributed by atoms with Gasteiger partial charge < -0.3 is 4.98 Å². The van der Waals surface area contributed by atoms with E-state index in [0.29, 0.717) is 10.8 Å². The van der Waals surface area contributed by atoms with E-state index in [0.717, 1.165) is 5.39 Å². The fraction of sp³-hybridized carbons (Fsp3) is 0.